The van der Waals surface area contributed by atoms with Gasteiger partial charge in [-0.1, -0.05) is 47.5 Å². The van der Waals surface area contributed by atoms with Crippen LogP contribution in [0.4, 0.5) is 17.1 Å². The van der Waals surface area contributed by atoms with Crippen LogP contribution < -0.4 is 10.6 Å². The lowest BCUT2D eigenvalue weighted by atomic mass is 9.77. The summed E-state index contributed by atoms with van der Waals surface area (Å²) < 4.78 is 0. The molecule has 6 nitrogen and oxygen atoms in total. The van der Waals surface area contributed by atoms with Crippen LogP contribution in [0.5, 0.6) is 0 Å². The van der Waals surface area contributed by atoms with E-state index >= 15 is 0 Å². The molecule has 0 bridgehead atoms. The monoisotopic (exact) mass is 479 g/mol. The van der Waals surface area contributed by atoms with Crippen molar-refractivity contribution in [2.75, 3.05) is 10.6 Å². The topological polar surface area (TPSA) is 84.3 Å². The fourth-order valence-electron chi connectivity index (χ4n) is 4.68. The minimum atomic E-state index is -0.389. The summed E-state index contributed by atoms with van der Waals surface area (Å²) in [5.41, 5.74) is 4.21. The Morgan fingerprint density at radius 3 is 2.58 bits per heavy atom. The predicted octanol–water partition coefficient (Wildman–Crippen LogP) is 6.98. The Kier molecular flexibility index (Phi) is 5.56. The minimum absolute atomic E-state index is 0.0339. The number of halogens is 2. The maximum absolute atomic E-state index is 12.7. The van der Waals surface area contributed by atoms with Gasteiger partial charge in [-0.25, -0.2) is 0 Å². The molecule has 5 rings (SSSR count). The van der Waals surface area contributed by atoms with Crippen LogP contribution in [0, 0.1) is 16.0 Å². The predicted molar refractivity (Wildman–Crippen MR) is 130 cm³/mol. The van der Waals surface area contributed by atoms with Gasteiger partial charge in [0.2, 0.25) is 0 Å². The van der Waals surface area contributed by atoms with Crippen molar-refractivity contribution in [2.24, 2.45) is 5.92 Å². The van der Waals surface area contributed by atoms with E-state index in [1.807, 2.05) is 30.3 Å². The Morgan fingerprint density at radius 2 is 1.85 bits per heavy atom. The smallest absolute Gasteiger partial charge is 0.269 e. The average Bonchev–Trinajstić information content (AvgIpc) is 3.29. The third-order valence-corrected chi connectivity index (χ3v) is 6.81. The van der Waals surface area contributed by atoms with Crippen LogP contribution in [-0.4, -0.2) is 10.8 Å². The number of hydrogen-bond acceptors (Lipinski definition) is 4. The van der Waals surface area contributed by atoms with Crippen molar-refractivity contribution in [3.05, 3.63) is 110 Å². The highest BCUT2D eigenvalue weighted by atomic mass is 35.5. The van der Waals surface area contributed by atoms with E-state index < -0.39 is 0 Å². The molecule has 1 aliphatic heterocycles. The Balaban J connectivity index is 1.41. The molecule has 0 saturated heterocycles. The first-order valence-electron chi connectivity index (χ1n) is 10.5. The number of rotatable bonds is 4. The maximum Gasteiger partial charge on any atom is 0.269 e. The summed E-state index contributed by atoms with van der Waals surface area (Å²) >= 11 is 12.1. The molecule has 3 aromatic carbocycles. The Morgan fingerprint density at radius 1 is 1.06 bits per heavy atom. The fraction of sp³-hybridized carbons (Fsp3) is 0.160. The third-order valence-electron chi connectivity index (χ3n) is 6.26. The molecule has 166 valence electrons. The number of non-ortho nitro benzene ring substituents is 1. The molecular weight excluding hydrogens is 461 g/mol. The van der Waals surface area contributed by atoms with Gasteiger partial charge in [-0.3, -0.25) is 14.9 Å². The van der Waals surface area contributed by atoms with Gasteiger partial charge in [0.05, 0.1) is 21.6 Å². The molecule has 3 unspecified atom stereocenters. The van der Waals surface area contributed by atoms with Crippen LogP contribution in [0.25, 0.3) is 0 Å². The first-order chi connectivity index (χ1) is 15.9. The molecule has 0 saturated carbocycles. The number of nitrogens with one attached hydrogen (secondary N) is 2. The van der Waals surface area contributed by atoms with E-state index in [9.17, 15) is 14.9 Å². The van der Waals surface area contributed by atoms with Crippen LogP contribution >= 0.6 is 23.2 Å². The second-order valence-electron chi connectivity index (χ2n) is 8.20. The van der Waals surface area contributed by atoms with Gasteiger partial charge in [0.1, 0.15) is 0 Å². The average molecular weight is 480 g/mol. The molecule has 0 spiro atoms. The van der Waals surface area contributed by atoms with E-state index in [2.05, 4.69) is 22.8 Å². The van der Waals surface area contributed by atoms with Crippen LogP contribution in [0.15, 0.2) is 72.8 Å². The Bertz CT molecular complexity index is 1290. The van der Waals surface area contributed by atoms with Crippen molar-refractivity contribution in [1.82, 2.24) is 0 Å². The quantitative estimate of drug-likeness (QED) is 0.240. The van der Waals surface area contributed by atoms with Crippen molar-refractivity contribution in [3.63, 3.8) is 0 Å². The van der Waals surface area contributed by atoms with E-state index in [4.69, 9.17) is 23.2 Å². The SMILES string of the molecule is O=C(Nc1ccc2c(c1)C1C=CCC1C(c1ccc([N+](=O)[O-])cc1)N2)c1ccc(Cl)cc1Cl. The van der Waals surface area contributed by atoms with E-state index in [1.165, 1.54) is 0 Å². The summed E-state index contributed by atoms with van der Waals surface area (Å²) in [7, 11) is 0. The summed E-state index contributed by atoms with van der Waals surface area (Å²) in [6, 6.07) is 17.3. The molecule has 2 aliphatic rings. The zero-order valence-corrected chi connectivity index (χ0v) is 18.8. The van der Waals surface area contributed by atoms with Gasteiger partial charge < -0.3 is 10.6 Å². The molecule has 1 heterocycles. The summed E-state index contributed by atoms with van der Waals surface area (Å²) in [5, 5.41) is 18.3. The standard InChI is InChI=1S/C25H19Cl2N3O3/c26-15-6-10-20(22(27)12-15)25(31)28-16-7-11-23-21(13-16)18-2-1-3-19(18)24(29-23)14-4-8-17(9-5-14)30(32)33/h1-2,4-13,18-19,24,29H,3H2,(H,28,31). The Hall–Kier alpha value is -3.35. The molecule has 0 radical (unpaired) electrons. The van der Waals surface area contributed by atoms with Crippen molar-refractivity contribution < 1.29 is 9.72 Å². The van der Waals surface area contributed by atoms with Crippen molar-refractivity contribution in [1.29, 1.82) is 0 Å². The fourth-order valence-corrected chi connectivity index (χ4v) is 5.17. The largest absolute Gasteiger partial charge is 0.378 e. The summed E-state index contributed by atoms with van der Waals surface area (Å²) in [6.07, 6.45) is 5.27. The second-order valence-corrected chi connectivity index (χ2v) is 9.05. The number of anilines is 2. The number of fused-ring (bicyclic) bond motifs is 3. The molecule has 1 amide bonds. The lowest BCUT2D eigenvalue weighted by Gasteiger charge is -2.37. The van der Waals surface area contributed by atoms with E-state index in [0.717, 1.165) is 23.2 Å². The summed E-state index contributed by atoms with van der Waals surface area (Å²) in [6.45, 7) is 0. The number of amides is 1. The van der Waals surface area contributed by atoms with Crippen LogP contribution in [0.3, 0.4) is 0 Å². The van der Waals surface area contributed by atoms with E-state index in [-0.39, 0.29) is 34.4 Å². The molecule has 0 aromatic heterocycles. The van der Waals surface area contributed by atoms with Gasteiger partial charge >= 0.3 is 0 Å². The van der Waals surface area contributed by atoms with E-state index in [0.29, 0.717) is 21.3 Å². The molecular formula is C25H19Cl2N3O3. The van der Waals surface area contributed by atoms with Gasteiger partial charge in [0.15, 0.2) is 0 Å². The highest BCUT2D eigenvalue weighted by molar-refractivity contribution is 6.37. The van der Waals surface area contributed by atoms with Gasteiger partial charge in [-0.15, -0.1) is 0 Å². The molecule has 2 N–H and O–H groups in total. The number of allylic oxidation sites excluding steroid dienone is 2. The van der Waals surface area contributed by atoms with Crippen LogP contribution in [0.2, 0.25) is 10.0 Å². The van der Waals surface area contributed by atoms with Gasteiger partial charge in [-0.05, 0) is 59.9 Å². The number of nitro benzene ring substituents is 1. The zero-order chi connectivity index (χ0) is 23.1. The van der Waals surface area contributed by atoms with Gasteiger partial charge in [0.25, 0.3) is 11.6 Å². The summed E-state index contributed by atoms with van der Waals surface area (Å²) in [5.74, 6) is 0.149. The van der Waals surface area contributed by atoms with Gasteiger partial charge in [0, 0.05) is 34.4 Å². The number of carbonyl (C=O) groups excluding carboxylic acids is 1. The molecule has 1 aliphatic carbocycles. The second kappa shape index (κ2) is 8.54. The van der Waals surface area contributed by atoms with Crippen LogP contribution in [-0.2, 0) is 0 Å². The molecule has 0 fully saturated rings. The molecule has 33 heavy (non-hydrogen) atoms. The minimum Gasteiger partial charge on any atom is -0.378 e. The number of benzene rings is 3. The third kappa shape index (κ3) is 4.08. The molecule has 3 atom stereocenters. The number of carbonyl (C=O) groups is 1. The van der Waals surface area contributed by atoms with Crippen molar-refractivity contribution >= 4 is 46.2 Å². The first kappa shape index (κ1) is 21.5. The number of nitrogens with zero attached hydrogens (tertiary/aromatic N) is 1. The maximum atomic E-state index is 12.7. The molecule has 3 aromatic rings. The normalized spacial score (nSPS) is 20.5. The van der Waals surface area contributed by atoms with E-state index in [1.54, 1.807) is 30.3 Å². The number of hydrogen-bond donors (Lipinski definition) is 2. The van der Waals surface area contributed by atoms with Crippen LogP contribution in [0.1, 0.15) is 39.9 Å². The highest BCUT2D eigenvalue weighted by Crippen LogP contribution is 2.50. The molecule has 8 heteroatoms. The first-order valence-corrected chi connectivity index (χ1v) is 11.2. The van der Waals surface area contributed by atoms with Gasteiger partial charge in [-0.2, -0.15) is 0 Å². The lowest BCUT2D eigenvalue weighted by Crippen LogP contribution is -2.29. The summed E-state index contributed by atoms with van der Waals surface area (Å²) in [4.78, 5) is 23.4. The lowest BCUT2D eigenvalue weighted by molar-refractivity contribution is -0.384. The zero-order valence-electron chi connectivity index (χ0n) is 17.3. The highest BCUT2D eigenvalue weighted by Gasteiger charge is 2.38. The Labute approximate surface area is 200 Å². The number of nitro groups is 1. The van der Waals surface area contributed by atoms with Crippen molar-refractivity contribution in [3.8, 4) is 0 Å². The van der Waals surface area contributed by atoms with Crippen molar-refractivity contribution in [2.45, 2.75) is 18.4 Å².